The highest BCUT2D eigenvalue weighted by Gasteiger charge is 2.48. The summed E-state index contributed by atoms with van der Waals surface area (Å²) in [6, 6.07) is 10.1. The quantitative estimate of drug-likeness (QED) is 0.146. The van der Waals surface area contributed by atoms with Crippen LogP contribution >= 0.6 is 0 Å². The second-order valence-electron chi connectivity index (χ2n) is 9.10. The number of rotatable bonds is 6. The summed E-state index contributed by atoms with van der Waals surface area (Å²) in [6.07, 6.45) is 4.75. The van der Waals surface area contributed by atoms with Crippen molar-refractivity contribution >= 4 is 40.8 Å². The van der Waals surface area contributed by atoms with E-state index >= 15 is 0 Å². The first-order valence-corrected chi connectivity index (χ1v) is 11.8. The van der Waals surface area contributed by atoms with Crippen molar-refractivity contribution < 1.29 is 33.6 Å². The van der Waals surface area contributed by atoms with Crippen LogP contribution in [0.1, 0.15) is 19.3 Å². The maximum Gasteiger partial charge on any atom is 0.316 e. The average Bonchev–Trinajstić information content (AvgIpc) is 3.41. The number of amides is 3. The number of imide groups is 1. The molecule has 2 heterocycles. The van der Waals surface area contributed by atoms with Crippen molar-refractivity contribution in [3.8, 4) is 11.5 Å². The Kier molecular flexibility index (Phi) is 6.20. The number of hydrogen-bond donors (Lipinski definition) is 0. The van der Waals surface area contributed by atoms with Gasteiger partial charge in [0.1, 0.15) is 11.5 Å². The molecule has 2 fully saturated rings. The Labute approximate surface area is 211 Å². The van der Waals surface area contributed by atoms with Crippen LogP contribution in [0, 0.1) is 27.9 Å². The highest BCUT2D eigenvalue weighted by Crippen LogP contribution is 2.39. The number of carbonyl (C=O) groups is 4. The van der Waals surface area contributed by atoms with Gasteiger partial charge in [0.2, 0.25) is 17.7 Å². The number of non-ortho nitro benzene ring substituents is 1. The number of hydrogen-bond acceptors (Lipinski definition) is 8. The summed E-state index contributed by atoms with van der Waals surface area (Å²) in [4.78, 5) is 64.4. The van der Waals surface area contributed by atoms with Gasteiger partial charge in [-0.05, 0) is 31.0 Å². The lowest BCUT2D eigenvalue weighted by molar-refractivity contribution is -0.384. The van der Waals surface area contributed by atoms with E-state index in [1.807, 2.05) is 12.2 Å². The van der Waals surface area contributed by atoms with E-state index < -0.39 is 16.8 Å². The van der Waals surface area contributed by atoms with Crippen LogP contribution in [-0.2, 0) is 19.2 Å². The number of anilines is 2. The number of allylic oxidation sites excluding steroid dienone is 2. The fourth-order valence-electron chi connectivity index (χ4n) is 5.04. The van der Waals surface area contributed by atoms with Gasteiger partial charge >= 0.3 is 5.97 Å². The van der Waals surface area contributed by atoms with Crippen LogP contribution in [-0.4, -0.2) is 42.3 Å². The molecule has 0 aromatic heterocycles. The molecule has 11 nitrogen and oxygen atoms in total. The topological polar surface area (TPSA) is 136 Å². The molecule has 3 amide bonds. The van der Waals surface area contributed by atoms with Crippen molar-refractivity contribution in [2.24, 2.45) is 17.8 Å². The Bertz CT molecular complexity index is 1330. The third-order valence-electron chi connectivity index (χ3n) is 6.93. The maximum atomic E-state index is 12.9. The average molecular weight is 505 g/mol. The highest BCUT2D eigenvalue weighted by atomic mass is 16.6. The molecule has 0 N–H and O–H groups in total. The molecule has 0 saturated carbocycles. The molecule has 2 aliphatic heterocycles. The SMILES string of the molecule is COc1cc([N+](=O)[O-])ccc1N1C[C@H](C(=O)Oc2cccc(N3C(=O)[C@H]4CC=CC[C@@H]4C3=O)c2)CC1=O. The van der Waals surface area contributed by atoms with Gasteiger partial charge in [0.05, 0.1) is 47.2 Å². The normalized spacial score (nSPS) is 22.8. The van der Waals surface area contributed by atoms with Crippen LogP contribution in [0.4, 0.5) is 17.1 Å². The minimum absolute atomic E-state index is 0.00495. The van der Waals surface area contributed by atoms with Gasteiger partial charge < -0.3 is 14.4 Å². The first-order chi connectivity index (χ1) is 17.8. The summed E-state index contributed by atoms with van der Waals surface area (Å²) in [6.45, 7) is 0.00495. The van der Waals surface area contributed by atoms with Gasteiger partial charge in [0, 0.05) is 25.1 Å². The molecule has 2 aromatic carbocycles. The fourth-order valence-corrected chi connectivity index (χ4v) is 5.04. The number of nitro benzene ring substituents is 1. The van der Waals surface area contributed by atoms with Crippen LogP contribution in [0.2, 0.25) is 0 Å². The number of esters is 1. The largest absolute Gasteiger partial charge is 0.494 e. The summed E-state index contributed by atoms with van der Waals surface area (Å²) >= 11 is 0. The van der Waals surface area contributed by atoms with Crippen LogP contribution in [0.15, 0.2) is 54.6 Å². The molecule has 3 aliphatic rings. The zero-order chi connectivity index (χ0) is 26.3. The first kappa shape index (κ1) is 24.2. The van der Waals surface area contributed by atoms with Gasteiger partial charge in [-0.1, -0.05) is 18.2 Å². The van der Waals surface area contributed by atoms with Gasteiger partial charge in [-0.15, -0.1) is 0 Å². The fraction of sp³-hybridized carbons (Fsp3) is 0.308. The summed E-state index contributed by atoms with van der Waals surface area (Å²) < 4.78 is 10.8. The van der Waals surface area contributed by atoms with E-state index in [2.05, 4.69) is 0 Å². The van der Waals surface area contributed by atoms with Crippen molar-refractivity contribution in [2.45, 2.75) is 19.3 Å². The third kappa shape index (κ3) is 4.32. The first-order valence-electron chi connectivity index (χ1n) is 11.8. The zero-order valence-electron chi connectivity index (χ0n) is 19.9. The van der Waals surface area contributed by atoms with E-state index in [0.29, 0.717) is 24.2 Å². The predicted molar refractivity (Wildman–Crippen MR) is 130 cm³/mol. The second kappa shape index (κ2) is 9.49. The number of ether oxygens (including phenoxy) is 2. The molecule has 2 saturated heterocycles. The minimum atomic E-state index is -0.792. The summed E-state index contributed by atoms with van der Waals surface area (Å²) in [5, 5.41) is 11.1. The van der Waals surface area contributed by atoms with Crippen LogP contribution in [0.3, 0.4) is 0 Å². The van der Waals surface area contributed by atoms with Gasteiger partial charge in [-0.3, -0.25) is 29.3 Å². The third-order valence-corrected chi connectivity index (χ3v) is 6.93. The van der Waals surface area contributed by atoms with Crippen molar-refractivity contribution in [2.75, 3.05) is 23.5 Å². The molecule has 190 valence electrons. The summed E-state index contributed by atoms with van der Waals surface area (Å²) in [5.41, 5.74) is 0.459. The van der Waals surface area contributed by atoms with E-state index in [9.17, 15) is 29.3 Å². The van der Waals surface area contributed by atoms with E-state index in [-0.39, 0.29) is 59.7 Å². The molecule has 5 rings (SSSR count). The van der Waals surface area contributed by atoms with Crippen LogP contribution < -0.4 is 19.3 Å². The van der Waals surface area contributed by atoms with E-state index in [0.717, 1.165) is 4.90 Å². The number of methoxy groups -OCH3 is 1. The molecule has 37 heavy (non-hydrogen) atoms. The lowest BCUT2D eigenvalue weighted by Crippen LogP contribution is -2.31. The molecule has 1 aliphatic carbocycles. The van der Waals surface area contributed by atoms with Gasteiger partial charge in [0.25, 0.3) is 5.69 Å². The molecule has 0 bridgehead atoms. The van der Waals surface area contributed by atoms with Gasteiger partial charge in [-0.2, -0.15) is 0 Å². The molecule has 0 unspecified atom stereocenters. The molecule has 2 aromatic rings. The number of carbonyl (C=O) groups excluding carboxylic acids is 4. The van der Waals surface area contributed by atoms with Crippen molar-refractivity contribution in [3.05, 3.63) is 64.7 Å². The zero-order valence-corrected chi connectivity index (χ0v) is 19.9. The predicted octanol–water partition coefficient (Wildman–Crippen LogP) is 3.02. The summed E-state index contributed by atoms with van der Waals surface area (Å²) in [5.74, 6) is -2.80. The smallest absolute Gasteiger partial charge is 0.316 e. The molecule has 3 atom stereocenters. The molecule has 11 heteroatoms. The maximum absolute atomic E-state index is 12.9. The standard InChI is InChI=1S/C26H23N3O8/c1-36-22-13-17(29(34)35)9-10-21(22)27-14-15(11-23(27)30)26(33)37-18-6-4-5-16(12-18)28-24(31)19-7-2-3-8-20(19)25(28)32/h2-6,9-10,12-13,15,19-20H,7-8,11,14H2,1H3/t15-,19+,20+/m1/s1. The van der Waals surface area contributed by atoms with Crippen molar-refractivity contribution in [3.63, 3.8) is 0 Å². The van der Waals surface area contributed by atoms with Gasteiger partial charge in [0.15, 0.2) is 0 Å². The van der Waals surface area contributed by atoms with E-state index in [1.165, 1.54) is 42.3 Å². The highest BCUT2D eigenvalue weighted by molar-refractivity contribution is 6.22. The molecule has 0 radical (unpaired) electrons. The molecular weight excluding hydrogens is 482 g/mol. The van der Waals surface area contributed by atoms with Gasteiger partial charge in [-0.25, -0.2) is 4.90 Å². The number of benzene rings is 2. The Morgan fingerprint density at radius 3 is 2.38 bits per heavy atom. The van der Waals surface area contributed by atoms with Crippen LogP contribution in [0.25, 0.3) is 0 Å². The lowest BCUT2D eigenvalue weighted by atomic mass is 9.85. The minimum Gasteiger partial charge on any atom is -0.494 e. The Balaban J connectivity index is 1.30. The van der Waals surface area contributed by atoms with Crippen molar-refractivity contribution in [1.82, 2.24) is 0 Å². The lowest BCUT2D eigenvalue weighted by Gasteiger charge is -2.19. The monoisotopic (exact) mass is 505 g/mol. The number of nitrogens with zero attached hydrogens (tertiary/aromatic N) is 3. The molecule has 0 spiro atoms. The number of nitro groups is 1. The summed E-state index contributed by atoms with van der Waals surface area (Å²) in [7, 11) is 1.34. The van der Waals surface area contributed by atoms with E-state index in [4.69, 9.17) is 9.47 Å². The molecular formula is C26H23N3O8. The van der Waals surface area contributed by atoms with E-state index in [1.54, 1.807) is 12.1 Å². The second-order valence-corrected chi connectivity index (χ2v) is 9.10. The van der Waals surface area contributed by atoms with Crippen LogP contribution in [0.5, 0.6) is 11.5 Å². The number of fused-ring (bicyclic) bond motifs is 1. The Morgan fingerprint density at radius 2 is 1.73 bits per heavy atom. The Morgan fingerprint density at radius 1 is 1.03 bits per heavy atom. The Hall–Kier alpha value is -4.54. The van der Waals surface area contributed by atoms with Crippen molar-refractivity contribution in [1.29, 1.82) is 0 Å².